The highest BCUT2D eigenvalue weighted by Crippen LogP contribution is 2.26. The van der Waals surface area contributed by atoms with Crippen LogP contribution in [0.1, 0.15) is 51.0 Å². The first-order valence-electron chi connectivity index (χ1n) is 7.16. The van der Waals surface area contributed by atoms with Gasteiger partial charge < -0.3 is 5.32 Å². The van der Waals surface area contributed by atoms with Crippen LogP contribution in [0.25, 0.3) is 0 Å². The van der Waals surface area contributed by atoms with Crippen LogP contribution in [0.15, 0.2) is 24.3 Å². The first kappa shape index (κ1) is 13.1. The molecule has 1 fully saturated rings. The second-order valence-electron chi connectivity index (χ2n) is 5.31. The Bertz CT molecular complexity index is 394. The number of rotatable bonds is 4. The minimum Gasteiger partial charge on any atom is -0.326 e. The van der Waals surface area contributed by atoms with Crippen molar-refractivity contribution >= 4 is 11.6 Å². The van der Waals surface area contributed by atoms with Crippen LogP contribution >= 0.6 is 0 Å². The minimum atomic E-state index is 0.176. The summed E-state index contributed by atoms with van der Waals surface area (Å²) in [5.41, 5.74) is 2.21. The predicted octanol–water partition coefficient (Wildman–Crippen LogP) is 4.16. The van der Waals surface area contributed by atoms with E-state index < -0.39 is 0 Å². The van der Waals surface area contributed by atoms with Gasteiger partial charge in [-0.25, -0.2) is 0 Å². The van der Waals surface area contributed by atoms with Crippen molar-refractivity contribution in [1.29, 1.82) is 0 Å². The van der Waals surface area contributed by atoms with Gasteiger partial charge in [0.15, 0.2) is 0 Å². The van der Waals surface area contributed by atoms with Crippen molar-refractivity contribution in [2.45, 2.75) is 51.9 Å². The van der Waals surface area contributed by atoms with Crippen molar-refractivity contribution in [1.82, 2.24) is 0 Å². The number of carbonyl (C=O) groups is 1. The quantitative estimate of drug-likeness (QED) is 0.848. The van der Waals surface area contributed by atoms with Crippen LogP contribution in [-0.2, 0) is 11.2 Å². The first-order valence-corrected chi connectivity index (χ1v) is 7.16. The fraction of sp³-hybridized carbons (Fsp3) is 0.562. The van der Waals surface area contributed by atoms with E-state index in [4.69, 9.17) is 0 Å². The lowest BCUT2D eigenvalue weighted by molar-refractivity contribution is -0.117. The Hall–Kier alpha value is -1.31. The summed E-state index contributed by atoms with van der Waals surface area (Å²) in [6.07, 6.45) is 8.08. The lowest BCUT2D eigenvalue weighted by Gasteiger charge is -2.20. The van der Waals surface area contributed by atoms with E-state index in [2.05, 4.69) is 24.4 Å². The zero-order valence-electron chi connectivity index (χ0n) is 11.2. The molecular weight excluding hydrogens is 222 g/mol. The van der Waals surface area contributed by atoms with Gasteiger partial charge in [-0.15, -0.1) is 0 Å². The molecular formula is C16H23NO. The molecule has 1 aromatic rings. The number of amides is 1. The molecule has 1 aliphatic carbocycles. The summed E-state index contributed by atoms with van der Waals surface area (Å²) in [5, 5.41) is 3.02. The molecule has 0 aliphatic heterocycles. The molecule has 0 unspecified atom stereocenters. The van der Waals surface area contributed by atoms with Gasteiger partial charge >= 0.3 is 0 Å². The highest BCUT2D eigenvalue weighted by Gasteiger charge is 2.16. The number of aryl methyl sites for hydroxylation is 1. The molecule has 1 saturated carbocycles. The average molecular weight is 245 g/mol. The van der Waals surface area contributed by atoms with E-state index in [0.29, 0.717) is 12.3 Å². The summed E-state index contributed by atoms with van der Waals surface area (Å²) in [6.45, 7) is 2.13. The molecule has 2 heteroatoms. The maximum absolute atomic E-state index is 12.0. The summed E-state index contributed by atoms with van der Waals surface area (Å²) in [7, 11) is 0. The van der Waals surface area contributed by atoms with Gasteiger partial charge in [-0.1, -0.05) is 38.3 Å². The highest BCUT2D eigenvalue weighted by molar-refractivity contribution is 5.90. The minimum absolute atomic E-state index is 0.176. The molecule has 18 heavy (non-hydrogen) atoms. The molecule has 0 bridgehead atoms. The highest BCUT2D eigenvalue weighted by atomic mass is 16.1. The van der Waals surface area contributed by atoms with Crippen LogP contribution in [0.3, 0.4) is 0 Å². The van der Waals surface area contributed by atoms with Crippen molar-refractivity contribution < 1.29 is 4.79 Å². The van der Waals surface area contributed by atoms with Gasteiger partial charge in [0.1, 0.15) is 0 Å². The molecule has 0 spiro atoms. The van der Waals surface area contributed by atoms with E-state index in [1.165, 1.54) is 37.7 Å². The maximum Gasteiger partial charge on any atom is 0.224 e. The molecule has 2 nitrogen and oxygen atoms in total. The molecule has 1 amide bonds. The topological polar surface area (TPSA) is 29.1 Å². The van der Waals surface area contributed by atoms with Crippen LogP contribution in [-0.4, -0.2) is 5.91 Å². The zero-order valence-corrected chi connectivity index (χ0v) is 11.2. The SMILES string of the molecule is CCc1cccc(NC(=O)CC2CCCCC2)c1. The number of carbonyl (C=O) groups excluding carboxylic acids is 1. The normalized spacial score (nSPS) is 16.5. The molecule has 0 atom stereocenters. The van der Waals surface area contributed by atoms with E-state index in [1.807, 2.05) is 12.1 Å². The van der Waals surface area contributed by atoms with E-state index in [0.717, 1.165) is 12.1 Å². The van der Waals surface area contributed by atoms with Crippen molar-refractivity contribution in [2.75, 3.05) is 5.32 Å². The monoisotopic (exact) mass is 245 g/mol. The second-order valence-corrected chi connectivity index (χ2v) is 5.31. The van der Waals surface area contributed by atoms with Gasteiger partial charge in [0, 0.05) is 12.1 Å². The molecule has 1 aliphatic rings. The van der Waals surface area contributed by atoms with Crippen molar-refractivity contribution in [3.8, 4) is 0 Å². The molecule has 0 saturated heterocycles. The van der Waals surface area contributed by atoms with Gasteiger partial charge in [-0.3, -0.25) is 4.79 Å². The first-order chi connectivity index (χ1) is 8.78. The van der Waals surface area contributed by atoms with Gasteiger partial charge in [0.05, 0.1) is 0 Å². The van der Waals surface area contributed by atoms with Crippen molar-refractivity contribution in [3.63, 3.8) is 0 Å². The summed E-state index contributed by atoms with van der Waals surface area (Å²) >= 11 is 0. The summed E-state index contributed by atoms with van der Waals surface area (Å²) in [6, 6.07) is 8.14. The Labute approximate surface area is 110 Å². The molecule has 1 N–H and O–H groups in total. The molecule has 0 aromatic heterocycles. The standard InChI is InChI=1S/C16H23NO/c1-2-13-9-6-10-15(11-13)17-16(18)12-14-7-4-3-5-8-14/h6,9-11,14H,2-5,7-8,12H2,1H3,(H,17,18). The Balaban J connectivity index is 1.85. The number of anilines is 1. The molecule has 2 rings (SSSR count). The van der Waals surface area contributed by atoms with Crippen LogP contribution in [0, 0.1) is 5.92 Å². The largest absolute Gasteiger partial charge is 0.326 e. The Morgan fingerprint density at radius 1 is 1.28 bits per heavy atom. The van der Waals surface area contributed by atoms with E-state index in [9.17, 15) is 4.79 Å². The van der Waals surface area contributed by atoms with Crippen LogP contribution in [0.4, 0.5) is 5.69 Å². The number of nitrogens with one attached hydrogen (secondary N) is 1. The van der Waals surface area contributed by atoms with Crippen LogP contribution in [0.2, 0.25) is 0 Å². The van der Waals surface area contributed by atoms with Crippen LogP contribution < -0.4 is 5.32 Å². The van der Waals surface area contributed by atoms with Crippen LogP contribution in [0.5, 0.6) is 0 Å². The van der Waals surface area contributed by atoms with E-state index in [-0.39, 0.29) is 5.91 Å². The van der Waals surface area contributed by atoms with E-state index >= 15 is 0 Å². The number of hydrogen-bond donors (Lipinski definition) is 1. The third-order valence-electron chi connectivity index (χ3n) is 3.82. The van der Waals surface area contributed by atoms with E-state index in [1.54, 1.807) is 0 Å². The third kappa shape index (κ3) is 3.86. The van der Waals surface area contributed by atoms with Crippen molar-refractivity contribution in [2.24, 2.45) is 5.92 Å². The molecule has 98 valence electrons. The summed E-state index contributed by atoms with van der Waals surface area (Å²) in [4.78, 5) is 12.0. The lowest BCUT2D eigenvalue weighted by Crippen LogP contribution is -2.18. The zero-order chi connectivity index (χ0) is 12.8. The molecule has 0 radical (unpaired) electrons. The van der Waals surface area contributed by atoms with Gasteiger partial charge in [0.25, 0.3) is 0 Å². The second kappa shape index (κ2) is 6.58. The fourth-order valence-electron chi connectivity index (χ4n) is 2.73. The molecule has 0 heterocycles. The number of benzene rings is 1. The van der Waals surface area contributed by atoms with Gasteiger partial charge in [0.2, 0.25) is 5.91 Å². The van der Waals surface area contributed by atoms with Crippen molar-refractivity contribution in [3.05, 3.63) is 29.8 Å². The summed E-state index contributed by atoms with van der Waals surface area (Å²) < 4.78 is 0. The Morgan fingerprint density at radius 2 is 2.06 bits per heavy atom. The predicted molar refractivity (Wildman–Crippen MR) is 75.6 cm³/mol. The van der Waals surface area contributed by atoms with Gasteiger partial charge in [-0.2, -0.15) is 0 Å². The van der Waals surface area contributed by atoms with Gasteiger partial charge in [-0.05, 0) is 42.9 Å². The Kier molecular flexibility index (Phi) is 4.80. The fourth-order valence-corrected chi connectivity index (χ4v) is 2.73. The smallest absolute Gasteiger partial charge is 0.224 e. The lowest BCUT2D eigenvalue weighted by atomic mass is 9.87. The third-order valence-corrected chi connectivity index (χ3v) is 3.82. The average Bonchev–Trinajstić information content (AvgIpc) is 2.40. The maximum atomic E-state index is 12.0. The molecule has 1 aromatic carbocycles. The summed E-state index contributed by atoms with van der Waals surface area (Å²) in [5.74, 6) is 0.781. The Morgan fingerprint density at radius 3 is 2.78 bits per heavy atom. The number of hydrogen-bond acceptors (Lipinski definition) is 1.